The molecule has 0 amide bonds. The third kappa shape index (κ3) is 3.26. The van der Waals surface area contributed by atoms with Crippen molar-refractivity contribution >= 4 is 11.8 Å². The van der Waals surface area contributed by atoms with Crippen LogP contribution in [0.4, 0.5) is 0 Å². The first-order valence-electron chi connectivity index (χ1n) is 4.96. The summed E-state index contributed by atoms with van der Waals surface area (Å²) in [5.41, 5.74) is 1.86. The van der Waals surface area contributed by atoms with Gasteiger partial charge in [-0.15, -0.1) is 11.8 Å². The van der Waals surface area contributed by atoms with E-state index in [1.165, 1.54) is 0 Å². The van der Waals surface area contributed by atoms with Gasteiger partial charge in [-0.05, 0) is 25.0 Å². The predicted octanol–water partition coefficient (Wildman–Crippen LogP) is 2.73. The lowest BCUT2D eigenvalue weighted by Crippen LogP contribution is -2.00. The van der Waals surface area contributed by atoms with Crippen molar-refractivity contribution in [2.75, 3.05) is 6.61 Å². The molecule has 2 nitrogen and oxygen atoms in total. The van der Waals surface area contributed by atoms with Crippen LogP contribution < -0.4 is 0 Å². The Morgan fingerprint density at radius 1 is 1.53 bits per heavy atom. The fraction of sp³-hybridized carbons (Fsp3) is 0.417. The molecule has 0 aliphatic carbocycles. The maximum atomic E-state index is 8.97. The minimum Gasteiger partial charge on any atom is -0.396 e. The molecule has 1 rings (SSSR count). The van der Waals surface area contributed by atoms with Crippen molar-refractivity contribution in [3.05, 3.63) is 29.3 Å². The summed E-state index contributed by atoms with van der Waals surface area (Å²) >= 11 is 1.66. The third-order valence-electron chi connectivity index (χ3n) is 2.19. The molecule has 0 radical (unpaired) electrons. The van der Waals surface area contributed by atoms with Gasteiger partial charge in [0.25, 0.3) is 0 Å². The molecule has 0 aliphatic rings. The molecule has 1 aromatic rings. The SMILES string of the molecule is Cc1cccc(C#N)c1SC(C)CCO. The molecule has 80 valence electrons. The lowest BCUT2D eigenvalue weighted by Gasteiger charge is -2.12. The van der Waals surface area contributed by atoms with Crippen LogP contribution in [0.25, 0.3) is 0 Å². The first-order chi connectivity index (χ1) is 7.19. The van der Waals surface area contributed by atoms with Gasteiger partial charge in [-0.25, -0.2) is 0 Å². The summed E-state index contributed by atoms with van der Waals surface area (Å²) in [5.74, 6) is 0. The number of thioether (sulfide) groups is 1. The molecular weight excluding hydrogens is 206 g/mol. The summed E-state index contributed by atoms with van der Waals surface area (Å²) in [6.45, 7) is 4.27. The molecule has 0 spiro atoms. The van der Waals surface area contributed by atoms with Crippen LogP contribution in [0.1, 0.15) is 24.5 Å². The summed E-state index contributed by atoms with van der Waals surface area (Å²) in [5, 5.41) is 18.1. The van der Waals surface area contributed by atoms with Gasteiger partial charge in [0.15, 0.2) is 0 Å². The van der Waals surface area contributed by atoms with Gasteiger partial charge in [0.05, 0.1) is 5.56 Å². The Bertz CT molecular complexity index is 370. The molecule has 3 heteroatoms. The standard InChI is InChI=1S/C12H15NOS/c1-9-4-3-5-11(8-13)12(9)15-10(2)6-7-14/h3-5,10,14H,6-7H2,1-2H3. The Morgan fingerprint density at radius 2 is 2.27 bits per heavy atom. The normalized spacial score (nSPS) is 12.1. The molecule has 0 aliphatic heterocycles. The molecule has 0 bridgehead atoms. The van der Waals surface area contributed by atoms with E-state index in [0.717, 1.165) is 22.4 Å². The topological polar surface area (TPSA) is 44.0 Å². The molecule has 1 N–H and O–H groups in total. The van der Waals surface area contributed by atoms with E-state index in [1.807, 2.05) is 25.1 Å². The summed E-state index contributed by atoms with van der Waals surface area (Å²) < 4.78 is 0. The van der Waals surface area contributed by atoms with Crippen LogP contribution >= 0.6 is 11.8 Å². The van der Waals surface area contributed by atoms with Crippen LogP contribution in [0, 0.1) is 18.3 Å². The van der Waals surface area contributed by atoms with Gasteiger partial charge in [-0.1, -0.05) is 19.1 Å². The number of hydrogen-bond donors (Lipinski definition) is 1. The van der Waals surface area contributed by atoms with Crippen LogP contribution in [0.5, 0.6) is 0 Å². The summed E-state index contributed by atoms with van der Waals surface area (Å²) in [6.07, 6.45) is 0.754. The van der Waals surface area contributed by atoms with Crippen LogP contribution in [-0.2, 0) is 0 Å². The maximum absolute atomic E-state index is 8.97. The number of benzene rings is 1. The van der Waals surface area contributed by atoms with E-state index in [4.69, 9.17) is 10.4 Å². The summed E-state index contributed by atoms with van der Waals surface area (Å²) in [7, 11) is 0. The van der Waals surface area contributed by atoms with Crippen LogP contribution in [0.15, 0.2) is 23.1 Å². The average Bonchev–Trinajstić information content (AvgIpc) is 2.21. The number of nitriles is 1. The Hall–Kier alpha value is -0.980. The number of aliphatic hydroxyl groups is 1. The second-order valence-corrected chi connectivity index (χ2v) is 4.95. The smallest absolute Gasteiger partial charge is 0.100 e. The van der Waals surface area contributed by atoms with Gasteiger partial charge in [0.1, 0.15) is 6.07 Å². The minimum atomic E-state index is 0.196. The lowest BCUT2D eigenvalue weighted by atomic mass is 10.1. The maximum Gasteiger partial charge on any atom is 0.100 e. The Morgan fingerprint density at radius 3 is 2.87 bits per heavy atom. The third-order valence-corrected chi connectivity index (χ3v) is 3.60. The number of aryl methyl sites for hydroxylation is 1. The van der Waals surface area contributed by atoms with Gasteiger partial charge >= 0.3 is 0 Å². The number of aliphatic hydroxyl groups excluding tert-OH is 1. The molecule has 0 aromatic heterocycles. The van der Waals surface area contributed by atoms with E-state index in [0.29, 0.717) is 5.25 Å². The van der Waals surface area contributed by atoms with E-state index in [-0.39, 0.29) is 6.61 Å². The second kappa shape index (κ2) is 5.79. The fourth-order valence-corrected chi connectivity index (χ4v) is 2.46. The van der Waals surface area contributed by atoms with Crippen molar-refractivity contribution in [2.24, 2.45) is 0 Å². The largest absolute Gasteiger partial charge is 0.396 e. The van der Waals surface area contributed by atoms with Crippen molar-refractivity contribution in [3.8, 4) is 6.07 Å². The molecule has 0 heterocycles. The van der Waals surface area contributed by atoms with Crippen molar-refractivity contribution in [1.29, 1.82) is 5.26 Å². The number of rotatable bonds is 4. The van der Waals surface area contributed by atoms with Gasteiger partial charge in [0, 0.05) is 16.8 Å². The highest BCUT2D eigenvalue weighted by atomic mass is 32.2. The summed E-state index contributed by atoms with van der Waals surface area (Å²) in [6, 6.07) is 7.94. The first kappa shape index (κ1) is 12.1. The Balaban J connectivity index is 2.88. The highest BCUT2D eigenvalue weighted by molar-refractivity contribution is 8.00. The van der Waals surface area contributed by atoms with Crippen LogP contribution in [0.3, 0.4) is 0 Å². The first-order valence-corrected chi connectivity index (χ1v) is 5.84. The molecule has 0 fully saturated rings. The monoisotopic (exact) mass is 221 g/mol. The predicted molar refractivity (Wildman–Crippen MR) is 62.9 cm³/mol. The Kier molecular flexibility index (Phi) is 4.67. The zero-order valence-corrected chi connectivity index (χ0v) is 9.84. The zero-order chi connectivity index (χ0) is 11.3. The molecule has 1 unspecified atom stereocenters. The Labute approximate surface area is 94.9 Å². The van der Waals surface area contributed by atoms with Crippen molar-refractivity contribution < 1.29 is 5.11 Å². The lowest BCUT2D eigenvalue weighted by molar-refractivity contribution is 0.289. The molecule has 15 heavy (non-hydrogen) atoms. The molecule has 1 aromatic carbocycles. The van der Waals surface area contributed by atoms with Gasteiger partial charge < -0.3 is 5.11 Å². The number of nitrogens with zero attached hydrogens (tertiary/aromatic N) is 1. The van der Waals surface area contributed by atoms with Crippen molar-refractivity contribution in [1.82, 2.24) is 0 Å². The quantitative estimate of drug-likeness (QED) is 0.795. The zero-order valence-electron chi connectivity index (χ0n) is 9.03. The van der Waals surface area contributed by atoms with E-state index in [2.05, 4.69) is 13.0 Å². The van der Waals surface area contributed by atoms with Crippen LogP contribution in [0.2, 0.25) is 0 Å². The van der Waals surface area contributed by atoms with Gasteiger partial charge in [-0.3, -0.25) is 0 Å². The highest BCUT2D eigenvalue weighted by Gasteiger charge is 2.10. The molecule has 0 saturated carbocycles. The molecule has 1 atom stereocenters. The van der Waals surface area contributed by atoms with E-state index >= 15 is 0 Å². The van der Waals surface area contributed by atoms with E-state index in [9.17, 15) is 0 Å². The highest BCUT2D eigenvalue weighted by Crippen LogP contribution is 2.30. The summed E-state index contributed by atoms with van der Waals surface area (Å²) in [4.78, 5) is 1.04. The fourth-order valence-electron chi connectivity index (χ4n) is 1.34. The van der Waals surface area contributed by atoms with Crippen LogP contribution in [-0.4, -0.2) is 17.0 Å². The van der Waals surface area contributed by atoms with Crippen molar-refractivity contribution in [3.63, 3.8) is 0 Å². The van der Waals surface area contributed by atoms with Gasteiger partial charge in [0.2, 0.25) is 0 Å². The molecular formula is C12H15NOS. The van der Waals surface area contributed by atoms with Crippen molar-refractivity contribution in [2.45, 2.75) is 30.4 Å². The second-order valence-electron chi connectivity index (χ2n) is 3.50. The number of hydrogen-bond acceptors (Lipinski definition) is 3. The van der Waals surface area contributed by atoms with E-state index in [1.54, 1.807) is 11.8 Å². The average molecular weight is 221 g/mol. The minimum absolute atomic E-state index is 0.196. The van der Waals surface area contributed by atoms with E-state index < -0.39 is 0 Å². The van der Waals surface area contributed by atoms with Gasteiger partial charge in [-0.2, -0.15) is 5.26 Å². The molecule has 0 saturated heterocycles.